The fourth-order valence-electron chi connectivity index (χ4n) is 11.9. The quantitative estimate of drug-likeness (QED) is 0.162. The van der Waals surface area contributed by atoms with Crippen molar-refractivity contribution in [2.24, 2.45) is 0 Å². The summed E-state index contributed by atoms with van der Waals surface area (Å²) in [5.74, 6) is 0. The maximum absolute atomic E-state index is 2.73. The summed E-state index contributed by atoms with van der Waals surface area (Å²) in [7, 11) is 0. The van der Waals surface area contributed by atoms with Crippen molar-refractivity contribution in [2.45, 2.75) is 122 Å². The predicted octanol–water partition coefficient (Wildman–Crippen LogP) is 13.4. The van der Waals surface area contributed by atoms with Gasteiger partial charge in [-0.25, -0.2) is 0 Å². The van der Waals surface area contributed by atoms with Gasteiger partial charge in [0, 0.05) is 33.7 Å². The topological polar surface area (TPSA) is 6.48 Å². The summed E-state index contributed by atoms with van der Waals surface area (Å²) in [5, 5.41) is 0. The van der Waals surface area contributed by atoms with Gasteiger partial charge in [0.25, 0.3) is 0 Å². The molecule has 0 saturated heterocycles. The normalized spacial score (nSPS) is 20.2. The monoisotopic (exact) mass is 756 g/mol. The van der Waals surface area contributed by atoms with E-state index in [1.54, 1.807) is 0 Å². The molecule has 290 valence electrons. The highest BCUT2D eigenvalue weighted by molar-refractivity contribution is 6.93. The van der Waals surface area contributed by atoms with Gasteiger partial charge >= 0.3 is 6.85 Å². The molecule has 0 atom stereocenters. The Balaban J connectivity index is 1.30. The van der Waals surface area contributed by atoms with Gasteiger partial charge in [0.15, 0.2) is 0 Å². The molecular formula is C55H57BN2. The molecule has 0 N–H and O–H groups in total. The second-order valence-electron chi connectivity index (χ2n) is 21.5. The molecule has 0 saturated carbocycles. The molecule has 0 spiro atoms. The molecule has 6 aromatic carbocycles. The van der Waals surface area contributed by atoms with E-state index in [9.17, 15) is 0 Å². The Hall–Kier alpha value is -5.02. The first-order valence-corrected chi connectivity index (χ1v) is 21.9. The highest BCUT2D eigenvalue weighted by Crippen LogP contribution is 2.59. The van der Waals surface area contributed by atoms with Crippen molar-refractivity contribution in [2.75, 3.05) is 9.71 Å². The van der Waals surface area contributed by atoms with Crippen LogP contribution in [0.25, 0.3) is 22.3 Å². The van der Waals surface area contributed by atoms with Crippen molar-refractivity contribution in [1.82, 2.24) is 0 Å². The minimum Gasteiger partial charge on any atom is -0.376 e. The number of para-hydroxylation sites is 2. The van der Waals surface area contributed by atoms with Crippen LogP contribution >= 0.6 is 0 Å². The molecule has 2 aliphatic carbocycles. The largest absolute Gasteiger partial charge is 0.376 e. The second-order valence-corrected chi connectivity index (χ2v) is 21.5. The maximum atomic E-state index is 2.73. The second kappa shape index (κ2) is 11.6. The van der Waals surface area contributed by atoms with Crippen molar-refractivity contribution in [1.29, 1.82) is 0 Å². The lowest BCUT2D eigenvalue weighted by Gasteiger charge is -2.52. The summed E-state index contributed by atoms with van der Waals surface area (Å²) >= 11 is 0. The fourth-order valence-corrected chi connectivity index (χ4v) is 11.9. The van der Waals surface area contributed by atoms with Crippen molar-refractivity contribution in [3.8, 4) is 22.3 Å². The third-order valence-electron chi connectivity index (χ3n) is 15.7. The number of hydrogen-bond donors (Lipinski definition) is 0. The molecule has 58 heavy (non-hydrogen) atoms. The van der Waals surface area contributed by atoms with E-state index in [0.717, 1.165) is 0 Å². The summed E-state index contributed by atoms with van der Waals surface area (Å²) in [5.41, 5.74) is 23.8. The zero-order chi connectivity index (χ0) is 40.3. The van der Waals surface area contributed by atoms with Gasteiger partial charge in [-0.05, 0) is 151 Å². The Morgan fingerprint density at radius 2 is 0.983 bits per heavy atom. The molecule has 0 fully saturated rings. The third kappa shape index (κ3) is 4.80. The first kappa shape index (κ1) is 36.1. The van der Waals surface area contributed by atoms with Gasteiger partial charge in [0.05, 0.1) is 5.69 Å². The highest BCUT2D eigenvalue weighted by atomic mass is 15.2. The van der Waals surface area contributed by atoms with Crippen molar-refractivity contribution >= 4 is 46.2 Å². The molecule has 0 aromatic heterocycles. The predicted molar refractivity (Wildman–Crippen MR) is 248 cm³/mol. The average molecular weight is 757 g/mol. The van der Waals surface area contributed by atoms with E-state index < -0.39 is 0 Å². The van der Waals surface area contributed by atoms with Crippen molar-refractivity contribution in [3.05, 3.63) is 149 Å². The van der Waals surface area contributed by atoms with Crippen LogP contribution in [0.2, 0.25) is 0 Å². The van der Waals surface area contributed by atoms with Gasteiger partial charge in [-0.15, -0.1) is 0 Å². The van der Waals surface area contributed by atoms with E-state index in [0.29, 0.717) is 0 Å². The number of nitrogens with zero attached hydrogens (tertiary/aromatic N) is 2. The zero-order valence-corrected chi connectivity index (χ0v) is 36.3. The van der Waals surface area contributed by atoms with Gasteiger partial charge in [-0.2, -0.15) is 0 Å². The summed E-state index contributed by atoms with van der Waals surface area (Å²) < 4.78 is 0. The van der Waals surface area contributed by atoms with Crippen LogP contribution in [0.5, 0.6) is 0 Å². The number of benzene rings is 6. The molecule has 0 amide bonds. The van der Waals surface area contributed by atoms with Crippen LogP contribution in [0.3, 0.4) is 0 Å². The minimum atomic E-state index is -0.194. The third-order valence-corrected chi connectivity index (χ3v) is 15.7. The molecular weight excluding hydrogens is 699 g/mol. The lowest BCUT2D eigenvalue weighted by Crippen LogP contribution is -2.62. The zero-order valence-electron chi connectivity index (χ0n) is 36.3. The minimum absolute atomic E-state index is 0.000891. The van der Waals surface area contributed by atoms with Gasteiger partial charge in [0.1, 0.15) is 0 Å². The summed E-state index contributed by atoms with van der Waals surface area (Å²) in [6.45, 7) is 24.7. The van der Waals surface area contributed by atoms with Crippen LogP contribution in [0, 0.1) is 0 Å². The number of hydrogen-bond acceptors (Lipinski definition) is 2. The smallest absolute Gasteiger partial charge is 0.333 e. The lowest BCUT2D eigenvalue weighted by atomic mass is 9.42. The maximum Gasteiger partial charge on any atom is 0.333 e. The first-order valence-electron chi connectivity index (χ1n) is 21.9. The van der Waals surface area contributed by atoms with Gasteiger partial charge in [-0.1, -0.05) is 142 Å². The summed E-state index contributed by atoms with van der Waals surface area (Å²) in [6.07, 6.45) is 4.77. The Morgan fingerprint density at radius 1 is 0.431 bits per heavy atom. The van der Waals surface area contributed by atoms with Crippen molar-refractivity contribution in [3.63, 3.8) is 0 Å². The summed E-state index contributed by atoms with van der Waals surface area (Å²) in [6, 6.07) is 45.2. The van der Waals surface area contributed by atoms with Crippen LogP contribution in [-0.2, 0) is 27.1 Å². The van der Waals surface area contributed by atoms with E-state index >= 15 is 0 Å². The lowest BCUT2D eigenvalue weighted by molar-refractivity contribution is 0.331. The van der Waals surface area contributed by atoms with Crippen LogP contribution in [0.1, 0.15) is 128 Å². The molecule has 11 rings (SSSR count). The molecule has 6 aromatic rings. The average Bonchev–Trinajstić information content (AvgIpc) is 3.20. The molecule has 3 heterocycles. The Labute approximate surface area is 347 Å². The van der Waals surface area contributed by atoms with E-state index in [1.165, 1.54) is 121 Å². The molecule has 0 bridgehead atoms. The van der Waals surface area contributed by atoms with E-state index in [2.05, 4.69) is 194 Å². The van der Waals surface area contributed by atoms with Crippen LogP contribution in [0.4, 0.5) is 28.4 Å². The molecule has 0 unspecified atom stereocenters. The molecule has 0 radical (unpaired) electrons. The van der Waals surface area contributed by atoms with Crippen molar-refractivity contribution < 1.29 is 0 Å². The molecule has 5 aliphatic rings. The number of anilines is 5. The SMILES string of the molecule is CC1(C)CCC(C)(C)c2cc3c(cc21)-c1cc(-c2ccccc2)cc2c1B(c1cccc4c1N2c1cc2c(cc1C4(C)C)C(C)(C)CCC2(C)C)N3c1ccccc1. The number of fused-ring (bicyclic) bond motifs is 8. The van der Waals surface area contributed by atoms with Crippen LogP contribution < -0.4 is 20.6 Å². The van der Waals surface area contributed by atoms with Gasteiger partial charge in [-0.3, -0.25) is 0 Å². The molecule has 2 nitrogen and oxygen atoms in total. The summed E-state index contributed by atoms with van der Waals surface area (Å²) in [4.78, 5) is 5.44. The van der Waals surface area contributed by atoms with E-state index in [4.69, 9.17) is 0 Å². The van der Waals surface area contributed by atoms with Crippen LogP contribution in [0.15, 0.2) is 115 Å². The van der Waals surface area contributed by atoms with E-state index in [1.807, 2.05) is 0 Å². The van der Waals surface area contributed by atoms with Gasteiger partial charge < -0.3 is 9.71 Å². The Bertz CT molecular complexity index is 2720. The Kier molecular flexibility index (Phi) is 7.21. The first-order chi connectivity index (χ1) is 27.5. The number of rotatable bonds is 2. The Morgan fingerprint density at radius 3 is 1.60 bits per heavy atom. The highest BCUT2D eigenvalue weighted by Gasteiger charge is 2.51. The molecule has 3 aliphatic heterocycles. The standard InChI is InChI=1S/C55H57BN2/c1-51(2)24-26-53(5,6)42-32-46-37(30-40(42)51)38-28-35(34-18-13-11-14-19-34)29-48-49(38)56(58(46)36-20-15-12-16-21-36)45-23-17-22-39-50(45)57(48)47-33-43-41(31-44(47)55(39,9)10)52(3,4)25-27-54(43,7)8/h11-23,28-33H,24-27H2,1-10H3. The molecule has 3 heteroatoms. The van der Waals surface area contributed by atoms with Gasteiger partial charge in [0.2, 0.25) is 0 Å². The van der Waals surface area contributed by atoms with E-state index in [-0.39, 0.29) is 33.9 Å². The van der Waals surface area contributed by atoms with Crippen LogP contribution in [-0.4, -0.2) is 6.85 Å². The fraction of sp³-hybridized carbons (Fsp3) is 0.345.